The first-order valence-corrected chi connectivity index (χ1v) is 5.08. The van der Waals surface area contributed by atoms with Crippen molar-refractivity contribution in [3.63, 3.8) is 0 Å². The Morgan fingerprint density at radius 2 is 2.29 bits per heavy atom. The minimum Gasteiger partial charge on any atom is -0.326 e. The predicted octanol–water partition coefficient (Wildman–Crippen LogP) is 0.126. The molecule has 0 radical (unpaired) electrons. The Labute approximate surface area is 96.6 Å². The van der Waals surface area contributed by atoms with Gasteiger partial charge in [0.1, 0.15) is 11.6 Å². The molecule has 1 aliphatic rings. The number of urea groups is 1. The summed E-state index contributed by atoms with van der Waals surface area (Å²) in [6, 6.07) is 0.577. The fraction of sp³-hybridized carbons (Fsp3) is 0.300. The zero-order valence-electron chi connectivity index (χ0n) is 8.94. The molecule has 1 aromatic heterocycles. The van der Waals surface area contributed by atoms with Crippen molar-refractivity contribution >= 4 is 17.8 Å². The minimum absolute atomic E-state index is 0.0628. The zero-order chi connectivity index (χ0) is 12.4. The van der Waals surface area contributed by atoms with Crippen LogP contribution in [-0.2, 0) is 11.3 Å². The van der Waals surface area contributed by atoms with Gasteiger partial charge in [0, 0.05) is 31.3 Å². The van der Waals surface area contributed by atoms with Crippen LogP contribution in [0, 0.1) is 5.82 Å². The van der Waals surface area contributed by atoms with E-state index in [2.05, 4.69) is 10.3 Å². The number of carbonyl (C=O) groups excluding carboxylic acids is 2. The molecule has 0 bridgehead atoms. The lowest BCUT2D eigenvalue weighted by Gasteiger charge is -2.27. The van der Waals surface area contributed by atoms with Gasteiger partial charge in [-0.15, -0.1) is 0 Å². The summed E-state index contributed by atoms with van der Waals surface area (Å²) < 4.78 is 13.5. The van der Waals surface area contributed by atoms with Crippen LogP contribution in [-0.4, -0.2) is 23.5 Å². The molecule has 0 spiro atoms. The van der Waals surface area contributed by atoms with E-state index in [0.717, 1.165) is 0 Å². The van der Waals surface area contributed by atoms with Gasteiger partial charge < -0.3 is 5.73 Å². The molecule has 2 rings (SSSR count). The number of hydrogen-bond acceptors (Lipinski definition) is 4. The smallest absolute Gasteiger partial charge is 0.326 e. The Kier molecular flexibility index (Phi) is 3.01. The number of anilines is 1. The van der Waals surface area contributed by atoms with Gasteiger partial charge in [-0.25, -0.2) is 14.2 Å². The fourth-order valence-electron chi connectivity index (χ4n) is 1.65. The van der Waals surface area contributed by atoms with Gasteiger partial charge in [0.25, 0.3) is 0 Å². The third-order valence-electron chi connectivity index (χ3n) is 2.49. The average Bonchev–Trinajstić information content (AvgIpc) is 2.29. The molecule has 2 heterocycles. The second-order valence-electron chi connectivity index (χ2n) is 3.55. The Balaban J connectivity index is 2.37. The van der Waals surface area contributed by atoms with Crippen LogP contribution in [0.5, 0.6) is 0 Å². The molecular weight excluding hydrogens is 227 g/mol. The number of pyridine rings is 1. The maximum atomic E-state index is 13.5. The maximum Gasteiger partial charge on any atom is 0.329 e. The number of halogens is 1. The van der Waals surface area contributed by atoms with Crippen LogP contribution < -0.4 is 16.0 Å². The summed E-state index contributed by atoms with van der Waals surface area (Å²) in [6.45, 7) is 0.112. The van der Waals surface area contributed by atoms with Crippen LogP contribution in [0.3, 0.4) is 0 Å². The molecule has 0 aliphatic carbocycles. The van der Waals surface area contributed by atoms with E-state index >= 15 is 0 Å². The molecule has 0 saturated carbocycles. The topological polar surface area (TPSA) is 88.3 Å². The van der Waals surface area contributed by atoms with Gasteiger partial charge in [0.05, 0.1) is 0 Å². The SMILES string of the molecule is NCc1c(F)ccnc1N1CCC(=O)NC1=O. The molecule has 1 fully saturated rings. The molecule has 17 heavy (non-hydrogen) atoms. The first kappa shape index (κ1) is 11.5. The Bertz CT molecular complexity index is 477. The molecule has 6 nitrogen and oxygen atoms in total. The largest absolute Gasteiger partial charge is 0.329 e. The molecule has 90 valence electrons. The monoisotopic (exact) mass is 238 g/mol. The standard InChI is InChI=1S/C10H11FN4O2/c11-7-1-3-13-9(6(7)5-12)15-4-2-8(16)14-10(15)17/h1,3H,2,4-5,12H2,(H,14,16,17). The van der Waals surface area contributed by atoms with Crippen molar-refractivity contribution in [1.29, 1.82) is 0 Å². The van der Waals surface area contributed by atoms with Gasteiger partial charge in [-0.2, -0.15) is 0 Å². The highest BCUT2D eigenvalue weighted by Crippen LogP contribution is 2.21. The first-order valence-electron chi connectivity index (χ1n) is 5.08. The van der Waals surface area contributed by atoms with E-state index in [1.807, 2.05) is 0 Å². The lowest BCUT2D eigenvalue weighted by molar-refractivity contribution is -0.120. The minimum atomic E-state index is -0.603. The molecule has 7 heteroatoms. The number of aromatic nitrogens is 1. The Morgan fingerprint density at radius 3 is 2.94 bits per heavy atom. The lowest BCUT2D eigenvalue weighted by atomic mass is 10.2. The summed E-state index contributed by atoms with van der Waals surface area (Å²) in [5.74, 6) is -0.698. The van der Waals surface area contributed by atoms with Gasteiger partial charge in [-0.3, -0.25) is 15.0 Å². The van der Waals surface area contributed by atoms with E-state index < -0.39 is 11.8 Å². The molecular formula is C10H11FN4O2. The molecule has 0 atom stereocenters. The number of rotatable bonds is 2. The highest BCUT2D eigenvalue weighted by atomic mass is 19.1. The van der Waals surface area contributed by atoms with Crippen molar-refractivity contribution in [2.45, 2.75) is 13.0 Å². The normalized spacial score (nSPS) is 16.0. The molecule has 1 saturated heterocycles. The van der Waals surface area contributed by atoms with Crippen molar-refractivity contribution in [3.05, 3.63) is 23.6 Å². The molecule has 1 aliphatic heterocycles. The highest BCUT2D eigenvalue weighted by Gasteiger charge is 2.27. The Morgan fingerprint density at radius 1 is 1.53 bits per heavy atom. The fourth-order valence-corrected chi connectivity index (χ4v) is 1.65. The van der Waals surface area contributed by atoms with Crippen LogP contribution in [0.4, 0.5) is 15.0 Å². The van der Waals surface area contributed by atoms with E-state index in [4.69, 9.17) is 5.73 Å². The molecule has 0 aromatic carbocycles. The summed E-state index contributed by atoms with van der Waals surface area (Å²) in [7, 11) is 0. The average molecular weight is 238 g/mol. The van der Waals surface area contributed by atoms with E-state index in [1.54, 1.807) is 0 Å². The van der Waals surface area contributed by atoms with E-state index in [1.165, 1.54) is 17.2 Å². The van der Waals surface area contributed by atoms with Gasteiger partial charge in [-0.05, 0) is 6.07 Å². The number of nitrogens with zero attached hydrogens (tertiary/aromatic N) is 2. The summed E-state index contributed by atoms with van der Waals surface area (Å²) in [5, 5.41) is 2.14. The summed E-state index contributed by atoms with van der Waals surface area (Å²) >= 11 is 0. The number of amides is 3. The van der Waals surface area contributed by atoms with E-state index in [0.29, 0.717) is 0 Å². The summed E-state index contributed by atoms with van der Waals surface area (Å²) in [4.78, 5) is 27.7. The quantitative estimate of drug-likeness (QED) is 0.766. The van der Waals surface area contributed by atoms with Crippen LogP contribution in [0.2, 0.25) is 0 Å². The third-order valence-corrected chi connectivity index (χ3v) is 2.49. The third kappa shape index (κ3) is 2.09. The van der Waals surface area contributed by atoms with Crippen molar-refractivity contribution in [2.75, 3.05) is 11.4 Å². The van der Waals surface area contributed by atoms with Crippen LogP contribution in [0.1, 0.15) is 12.0 Å². The van der Waals surface area contributed by atoms with Crippen LogP contribution in [0.15, 0.2) is 12.3 Å². The van der Waals surface area contributed by atoms with Crippen LogP contribution in [0.25, 0.3) is 0 Å². The van der Waals surface area contributed by atoms with Gasteiger partial charge >= 0.3 is 6.03 Å². The second kappa shape index (κ2) is 4.46. The van der Waals surface area contributed by atoms with Gasteiger partial charge in [0.2, 0.25) is 5.91 Å². The number of carbonyl (C=O) groups is 2. The van der Waals surface area contributed by atoms with Crippen molar-refractivity contribution in [1.82, 2.24) is 10.3 Å². The maximum absolute atomic E-state index is 13.5. The number of imide groups is 1. The number of nitrogens with two attached hydrogens (primary N) is 1. The van der Waals surface area contributed by atoms with Crippen molar-refractivity contribution < 1.29 is 14.0 Å². The number of hydrogen-bond donors (Lipinski definition) is 2. The van der Waals surface area contributed by atoms with Crippen LogP contribution >= 0.6 is 0 Å². The van der Waals surface area contributed by atoms with Gasteiger partial charge in [-0.1, -0.05) is 0 Å². The van der Waals surface area contributed by atoms with E-state index in [9.17, 15) is 14.0 Å². The summed E-state index contributed by atoms with van der Waals surface area (Å²) in [6.07, 6.45) is 1.42. The molecule has 3 N–H and O–H groups in total. The summed E-state index contributed by atoms with van der Waals surface area (Å²) in [5.41, 5.74) is 5.59. The molecule has 3 amide bonds. The molecule has 1 aromatic rings. The Hall–Kier alpha value is -2.02. The predicted molar refractivity (Wildman–Crippen MR) is 57.6 cm³/mol. The first-order chi connectivity index (χ1) is 8.13. The highest BCUT2D eigenvalue weighted by molar-refractivity contribution is 6.05. The van der Waals surface area contributed by atoms with E-state index in [-0.39, 0.29) is 36.8 Å². The number of nitrogens with one attached hydrogen (secondary N) is 1. The molecule has 0 unspecified atom stereocenters. The van der Waals surface area contributed by atoms with Crippen molar-refractivity contribution in [3.8, 4) is 0 Å². The van der Waals surface area contributed by atoms with Crippen molar-refractivity contribution in [2.24, 2.45) is 5.73 Å². The zero-order valence-corrected chi connectivity index (χ0v) is 8.94. The second-order valence-corrected chi connectivity index (χ2v) is 3.55. The van der Waals surface area contributed by atoms with Gasteiger partial charge in [0.15, 0.2) is 0 Å². The lowest BCUT2D eigenvalue weighted by Crippen LogP contribution is -2.50.